The predicted octanol–water partition coefficient (Wildman–Crippen LogP) is 5.12. The summed E-state index contributed by atoms with van der Waals surface area (Å²) in [6.07, 6.45) is 0. The normalized spacial score (nSPS) is 10.3. The largest absolute Gasteiger partial charge is 0.322 e. The third-order valence-corrected chi connectivity index (χ3v) is 4.33. The predicted molar refractivity (Wildman–Crippen MR) is 109 cm³/mol. The first-order valence-corrected chi connectivity index (χ1v) is 8.79. The molecule has 0 unspecified atom stereocenters. The van der Waals surface area contributed by atoms with E-state index in [1.165, 1.54) is 0 Å². The molecule has 0 saturated carbocycles. The zero-order valence-electron chi connectivity index (χ0n) is 15.7. The van der Waals surface area contributed by atoms with Gasteiger partial charge in [-0.2, -0.15) is 0 Å². The summed E-state index contributed by atoms with van der Waals surface area (Å²) < 4.78 is 0. The van der Waals surface area contributed by atoms with Gasteiger partial charge in [0.2, 0.25) is 0 Å². The molecule has 0 aliphatic carbocycles. The molecule has 4 heteroatoms. The second-order valence-corrected chi connectivity index (χ2v) is 6.63. The molecule has 0 radical (unpaired) electrons. The molecule has 27 heavy (non-hydrogen) atoms. The maximum Gasteiger partial charge on any atom is 0.255 e. The Hall–Kier alpha value is -3.40. The lowest BCUT2D eigenvalue weighted by molar-refractivity contribution is 0.101. The molecule has 0 saturated heterocycles. The summed E-state index contributed by atoms with van der Waals surface area (Å²) in [4.78, 5) is 25.0. The molecular weight excluding hydrogens is 336 g/mol. The average Bonchev–Trinajstić information content (AvgIpc) is 2.65. The molecule has 4 nitrogen and oxygen atoms in total. The Bertz CT molecular complexity index is 971. The highest BCUT2D eigenvalue weighted by Gasteiger charge is 2.12. The monoisotopic (exact) mass is 358 g/mol. The molecule has 0 aromatic heterocycles. The highest BCUT2D eigenvalue weighted by molar-refractivity contribution is 6.07. The van der Waals surface area contributed by atoms with Crippen LogP contribution in [0.3, 0.4) is 0 Å². The maximum atomic E-state index is 12.7. The van der Waals surface area contributed by atoms with Crippen LogP contribution in [-0.4, -0.2) is 11.8 Å². The molecule has 3 aromatic rings. The molecule has 3 aromatic carbocycles. The quantitative estimate of drug-likeness (QED) is 0.680. The molecule has 0 fully saturated rings. The lowest BCUT2D eigenvalue weighted by atomic mass is 10.0. The van der Waals surface area contributed by atoms with E-state index in [0.29, 0.717) is 16.8 Å². The summed E-state index contributed by atoms with van der Waals surface area (Å²) in [5.41, 5.74) is 5.66. The van der Waals surface area contributed by atoms with Crippen LogP contribution in [0.15, 0.2) is 66.7 Å². The van der Waals surface area contributed by atoms with Crippen LogP contribution in [0.2, 0.25) is 0 Å². The third kappa shape index (κ3) is 4.42. The second-order valence-electron chi connectivity index (χ2n) is 6.63. The second kappa shape index (κ2) is 7.87. The van der Waals surface area contributed by atoms with E-state index in [4.69, 9.17) is 0 Å². The van der Waals surface area contributed by atoms with Gasteiger partial charge in [-0.1, -0.05) is 42.0 Å². The summed E-state index contributed by atoms with van der Waals surface area (Å²) >= 11 is 0. The molecule has 0 heterocycles. The fourth-order valence-electron chi connectivity index (χ4n) is 3.09. The van der Waals surface area contributed by atoms with Gasteiger partial charge in [-0.15, -0.1) is 0 Å². The molecule has 2 N–H and O–H groups in total. The number of anilines is 2. The van der Waals surface area contributed by atoms with Gasteiger partial charge in [0, 0.05) is 22.5 Å². The lowest BCUT2D eigenvalue weighted by Crippen LogP contribution is -2.15. The van der Waals surface area contributed by atoms with E-state index in [-0.39, 0.29) is 11.8 Å². The van der Waals surface area contributed by atoms with Gasteiger partial charge in [-0.05, 0) is 62.2 Å². The molecule has 0 bridgehead atoms. The van der Waals surface area contributed by atoms with Crippen LogP contribution in [-0.2, 0) is 0 Å². The Balaban J connectivity index is 1.77. The van der Waals surface area contributed by atoms with Crippen molar-refractivity contribution in [3.63, 3.8) is 0 Å². The van der Waals surface area contributed by atoms with Crippen molar-refractivity contribution >= 4 is 23.2 Å². The number of hydrogen-bond donors (Lipinski definition) is 2. The number of carbonyl (C=O) groups excluding carboxylic acids is 2. The first-order chi connectivity index (χ1) is 12.9. The summed E-state index contributed by atoms with van der Waals surface area (Å²) in [7, 11) is 0. The van der Waals surface area contributed by atoms with E-state index in [0.717, 1.165) is 22.4 Å². The minimum Gasteiger partial charge on any atom is -0.322 e. The standard InChI is InChI=1S/C23H22N2O2/c1-15-12-16(2)21(17(3)13-15)25-23(27)19-10-7-11-20(14-19)24-22(26)18-8-5-4-6-9-18/h4-14H,1-3H3,(H,24,26)(H,25,27). The van der Waals surface area contributed by atoms with Crippen LogP contribution in [0.1, 0.15) is 37.4 Å². The summed E-state index contributed by atoms with van der Waals surface area (Å²) in [6, 6.07) is 20.0. The van der Waals surface area contributed by atoms with Crippen molar-refractivity contribution in [3.8, 4) is 0 Å². The Kier molecular flexibility index (Phi) is 5.36. The van der Waals surface area contributed by atoms with E-state index in [9.17, 15) is 9.59 Å². The first-order valence-electron chi connectivity index (χ1n) is 8.79. The zero-order chi connectivity index (χ0) is 19.4. The number of amides is 2. The molecule has 0 spiro atoms. The van der Waals surface area contributed by atoms with Crippen LogP contribution in [0.5, 0.6) is 0 Å². The van der Waals surface area contributed by atoms with Crippen molar-refractivity contribution in [2.75, 3.05) is 10.6 Å². The SMILES string of the molecule is Cc1cc(C)c(NC(=O)c2cccc(NC(=O)c3ccccc3)c2)c(C)c1. The smallest absolute Gasteiger partial charge is 0.255 e. The topological polar surface area (TPSA) is 58.2 Å². The highest BCUT2D eigenvalue weighted by atomic mass is 16.2. The Labute approximate surface area is 159 Å². The van der Waals surface area contributed by atoms with Crippen LogP contribution < -0.4 is 10.6 Å². The number of rotatable bonds is 4. The van der Waals surface area contributed by atoms with Gasteiger partial charge in [-0.3, -0.25) is 9.59 Å². The van der Waals surface area contributed by atoms with Crippen LogP contribution in [0.25, 0.3) is 0 Å². The van der Waals surface area contributed by atoms with Crippen molar-refractivity contribution < 1.29 is 9.59 Å². The van der Waals surface area contributed by atoms with Gasteiger partial charge in [0.15, 0.2) is 0 Å². The number of carbonyl (C=O) groups is 2. The minimum absolute atomic E-state index is 0.208. The molecule has 3 rings (SSSR count). The Morgan fingerprint density at radius 2 is 1.26 bits per heavy atom. The van der Waals surface area contributed by atoms with Crippen molar-refractivity contribution in [3.05, 3.63) is 94.5 Å². The van der Waals surface area contributed by atoms with Gasteiger partial charge in [0.1, 0.15) is 0 Å². The van der Waals surface area contributed by atoms with Crippen molar-refractivity contribution in [1.29, 1.82) is 0 Å². The van der Waals surface area contributed by atoms with Crippen LogP contribution >= 0.6 is 0 Å². The fourth-order valence-corrected chi connectivity index (χ4v) is 3.09. The first kappa shape index (κ1) is 18.4. The number of benzene rings is 3. The molecule has 136 valence electrons. The molecule has 0 aliphatic heterocycles. The number of nitrogens with one attached hydrogen (secondary N) is 2. The Morgan fingerprint density at radius 1 is 0.667 bits per heavy atom. The summed E-state index contributed by atoms with van der Waals surface area (Å²) in [5, 5.41) is 5.81. The van der Waals surface area contributed by atoms with Crippen LogP contribution in [0, 0.1) is 20.8 Å². The van der Waals surface area contributed by atoms with E-state index >= 15 is 0 Å². The molecule has 2 amide bonds. The van der Waals surface area contributed by atoms with Crippen LogP contribution in [0.4, 0.5) is 11.4 Å². The van der Waals surface area contributed by atoms with Crippen molar-refractivity contribution in [1.82, 2.24) is 0 Å². The average molecular weight is 358 g/mol. The van der Waals surface area contributed by atoms with Gasteiger partial charge in [0.25, 0.3) is 11.8 Å². The maximum absolute atomic E-state index is 12.7. The zero-order valence-corrected chi connectivity index (χ0v) is 15.7. The third-order valence-electron chi connectivity index (χ3n) is 4.33. The number of aryl methyl sites for hydroxylation is 3. The lowest BCUT2D eigenvalue weighted by Gasteiger charge is -2.13. The van der Waals surface area contributed by atoms with E-state index in [1.54, 1.807) is 36.4 Å². The minimum atomic E-state index is -0.210. The van der Waals surface area contributed by atoms with Gasteiger partial charge < -0.3 is 10.6 Å². The molecule has 0 atom stereocenters. The van der Waals surface area contributed by atoms with Crippen molar-refractivity contribution in [2.24, 2.45) is 0 Å². The highest BCUT2D eigenvalue weighted by Crippen LogP contribution is 2.23. The van der Waals surface area contributed by atoms with Gasteiger partial charge >= 0.3 is 0 Å². The van der Waals surface area contributed by atoms with E-state index < -0.39 is 0 Å². The fraction of sp³-hybridized carbons (Fsp3) is 0.130. The molecule has 0 aliphatic rings. The van der Waals surface area contributed by atoms with Crippen molar-refractivity contribution in [2.45, 2.75) is 20.8 Å². The number of hydrogen-bond acceptors (Lipinski definition) is 2. The van der Waals surface area contributed by atoms with E-state index in [2.05, 4.69) is 10.6 Å². The van der Waals surface area contributed by atoms with E-state index in [1.807, 2.05) is 51.1 Å². The Morgan fingerprint density at radius 3 is 1.93 bits per heavy atom. The summed E-state index contributed by atoms with van der Waals surface area (Å²) in [6.45, 7) is 5.99. The van der Waals surface area contributed by atoms with Gasteiger partial charge in [-0.25, -0.2) is 0 Å². The van der Waals surface area contributed by atoms with Gasteiger partial charge in [0.05, 0.1) is 0 Å². The summed E-state index contributed by atoms with van der Waals surface area (Å²) in [5.74, 6) is -0.417. The molecular formula is C23H22N2O2.